The molecule has 3 atom stereocenters. The van der Waals surface area contributed by atoms with E-state index in [0.717, 1.165) is 35.6 Å². The quantitative estimate of drug-likeness (QED) is 0.168. The maximum atomic E-state index is 5.33. The molecule has 3 N–H and O–H groups in total. The molecule has 0 fully saturated rings. The van der Waals surface area contributed by atoms with Crippen LogP contribution in [0.25, 0.3) is 60.1 Å². The first-order valence-electron chi connectivity index (χ1n) is 18.9. The number of allylic oxidation sites excluding steroid dienone is 1. The van der Waals surface area contributed by atoms with Crippen LogP contribution in [0.5, 0.6) is 0 Å². The number of amidine groups is 1. The van der Waals surface area contributed by atoms with Gasteiger partial charge in [0.05, 0.1) is 22.1 Å². The van der Waals surface area contributed by atoms with Gasteiger partial charge in [-0.2, -0.15) is 0 Å². The first-order valence-corrected chi connectivity index (χ1v) is 18.9. The summed E-state index contributed by atoms with van der Waals surface area (Å²) < 4.78 is 4.95. The van der Waals surface area contributed by atoms with Gasteiger partial charge in [0.2, 0.25) is 0 Å². The van der Waals surface area contributed by atoms with Gasteiger partial charge in [-0.3, -0.25) is 5.32 Å². The molecule has 0 spiro atoms. The molecule has 3 unspecified atom stereocenters. The van der Waals surface area contributed by atoms with Crippen molar-refractivity contribution in [1.82, 2.24) is 25.1 Å². The molecule has 2 aromatic heterocycles. The minimum absolute atomic E-state index is 0.0301. The van der Waals surface area contributed by atoms with E-state index in [4.69, 9.17) is 4.99 Å². The number of rotatable bonds is 5. The number of aliphatic imine (C=N–C) groups is 1. The van der Waals surface area contributed by atoms with Gasteiger partial charge in [0.1, 0.15) is 24.3 Å². The molecule has 0 saturated heterocycles. The number of nitrogens with one attached hydrogen (secondary N) is 3. The lowest BCUT2D eigenvalue weighted by atomic mass is 10.0. The van der Waals surface area contributed by atoms with Crippen molar-refractivity contribution >= 4 is 60.2 Å². The third-order valence-electron chi connectivity index (χ3n) is 11.3. The second-order valence-corrected chi connectivity index (χ2v) is 14.4. The predicted molar refractivity (Wildman–Crippen MR) is 223 cm³/mol. The SMILES string of the molecule is C1=C(C2N=C(c3ccccc3)NC(c3cccc4ccccc34)N2)NC(n2c3ccccc3c3cc4c5ccccc5n(-c5ccccc5)c4cc32)CC1. The maximum Gasteiger partial charge on any atom is 0.144 e. The molecule has 54 heavy (non-hydrogen) atoms. The van der Waals surface area contributed by atoms with E-state index in [2.05, 4.69) is 195 Å². The number of hydrogen-bond donors (Lipinski definition) is 3. The molecule has 4 heterocycles. The fraction of sp³-hybridized carbons (Fsp3) is 0.104. The minimum Gasteiger partial charge on any atom is -0.366 e. The molecule has 0 saturated carbocycles. The maximum absolute atomic E-state index is 5.33. The monoisotopic (exact) mass is 698 g/mol. The highest BCUT2D eigenvalue weighted by Gasteiger charge is 2.31. The van der Waals surface area contributed by atoms with E-state index in [1.54, 1.807) is 0 Å². The van der Waals surface area contributed by atoms with Crippen LogP contribution in [0.3, 0.4) is 0 Å². The molecule has 0 aliphatic carbocycles. The summed E-state index contributed by atoms with van der Waals surface area (Å²) >= 11 is 0. The van der Waals surface area contributed by atoms with Gasteiger partial charge in [-0.1, -0.05) is 133 Å². The van der Waals surface area contributed by atoms with Crippen molar-refractivity contribution in [3.8, 4) is 5.69 Å². The average Bonchev–Trinajstić information content (AvgIpc) is 3.75. The molecule has 7 aromatic carbocycles. The second-order valence-electron chi connectivity index (χ2n) is 14.4. The molecular formula is C48H38N6. The normalized spacial score (nSPS) is 18.9. The van der Waals surface area contributed by atoms with Crippen LogP contribution in [0.15, 0.2) is 181 Å². The minimum atomic E-state index is -0.270. The molecule has 9 aromatic rings. The molecular weight excluding hydrogens is 661 g/mol. The van der Waals surface area contributed by atoms with Gasteiger partial charge >= 0.3 is 0 Å². The fourth-order valence-corrected chi connectivity index (χ4v) is 8.88. The Balaban J connectivity index is 1.04. The van der Waals surface area contributed by atoms with Crippen LogP contribution in [0.2, 0.25) is 0 Å². The Bertz CT molecular complexity index is 2930. The fourth-order valence-electron chi connectivity index (χ4n) is 8.88. The zero-order chi connectivity index (χ0) is 35.6. The third kappa shape index (κ3) is 4.95. The predicted octanol–water partition coefficient (Wildman–Crippen LogP) is 10.5. The van der Waals surface area contributed by atoms with Crippen molar-refractivity contribution in [2.75, 3.05) is 0 Å². The molecule has 11 rings (SSSR count). The second kappa shape index (κ2) is 12.5. The number of hydrogen-bond acceptors (Lipinski definition) is 4. The van der Waals surface area contributed by atoms with Gasteiger partial charge in [-0.25, -0.2) is 4.99 Å². The lowest BCUT2D eigenvalue weighted by molar-refractivity contribution is 0.360. The van der Waals surface area contributed by atoms with Gasteiger partial charge in [-0.15, -0.1) is 0 Å². The Morgan fingerprint density at radius 3 is 2.04 bits per heavy atom. The first kappa shape index (κ1) is 30.9. The van der Waals surface area contributed by atoms with Gasteiger partial charge in [0.25, 0.3) is 0 Å². The molecule has 0 bridgehead atoms. The molecule has 6 heteroatoms. The van der Waals surface area contributed by atoms with Crippen molar-refractivity contribution in [2.24, 2.45) is 4.99 Å². The zero-order valence-corrected chi connectivity index (χ0v) is 29.7. The standard InChI is InChI=1S/C48H38N6/c1-3-16-32(17-4-1)46-50-47(37-24-13-18-31-15-7-8-21-34(31)37)52-48(51-46)40-25-14-28-45(49-40)54-42-27-12-10-23-36(42)39-29-38-35-22-9-11-26-41(35)53(43(38)30-44(39)54)33-19-5-2-6-20-33/h1-13,15-27,29-30,45,47-49,52H,14,28H2,(H,50,51). The van der Waals surface area contributed by atoms with Gasteiger partial charge < -0.3 is 19.8 Å². The van der Waals surface area contributed by atoms with Crippen molar-refractivity contribution in [2.45, 2.75) is 31.3 Å². The van der Waals surface area contributed by atoms with Crippen molar-refractivity contribution in [3.63, 3.8) is 0 Å². The highest BCUT2D eigenvalue weighted by atomic mass is 15.3. The summed E-state index contributed by atoms with van der Waals surface area (Å²) in [5, 5.41) is 19.2. The van der Waals surface area contributed by atoms with E-state index in [0.29, 0.717) is 0 Å². The van der Waals surface area contributed by atoms with Crippen molar-refractivity contribution in [3.05, 3.63) is 187 Å². The highest BCUT2D eigenvalue weighted by molar-refractivity contribution is 6.18. The number of benzene rings is 7. The van der Waals surface area contributed by atoms with Crippen LogP contribution in [0.4, 0.5) is 0 Å². The van der Waals surface area contributed by atoms with Gasteiger partial charge in [0.15, 0.2) is 0 Å². The Labute approximate surface area is 313 Å². The topological polar surface area (TPSA) is 58.3 Å². The Morgan fingerprint density at radius 2 is 1.20 bits per heavy atom. The number of fused-ring (bicyclic) bond motifs is 7. The van der Waals surface area contributed by atoms with E-state index in [9.17, 15) is 0 Å². The van der Waals surface area contributed by atoms with E-state index < -0.39 is 0 Å². The summed E-state index contributed by atoms with van der Waals surface area (Å²) in [6.45, 7) is 0. The number of para-hydroxylation sites is 3. The average molecular weight is 699 g/mol. The molecule has 6 nitrogen and oxygen atoms in total. The Hall–Kier alpha value is -6.63. The van der Waals surface area contributed by atoms with Crippen molar-refractivity contribution < 1.29 is 0 Å². The number of nitrogens with zero attached hydrogens (tertiary/aromatic N) is 3. The van der Waals surface area contributed by atoms with Gasteiger partial charge in [0, 0.05) is 38.5 Å². The van der Waals surface area contributed by atoms with E-state index in [1.807, 2.05) is 0 Å². The van der Waals surface area contributed by atoms with E-state index in [-0.39, 0.29) is 18.5 Å². The van der Waals surface area contributed by atoms with E-state index in [1.165, 1.54) is 59.9 Å². The molecule has 260 valence electrons. The largest absolute Gasteiger partial charge is 0.366 e. The summed E-state index contributed by atoms with van der Waals surface area (Å²) in [5.41, 5.74) is 9.41. The molecule has 2 aliphatic heterocycles. The summed E-state index contributed by atoms with van der Waals surface area (Å²) in [6, 6.07) is 58.9. The lowest BCUT2D eigenvalue weighted by Gasteiger charge is -2.37. The van der Waals surface area contributed by atoms with Crippen molar-refractivity contribution in [1.29, 1.82) is 0 Å². The van der Waals surface area contributed by atoms with Crippen LogP contribution in [0, 0.1) is 0 Å². The Kier molecular flexibility index (Phi) is 7.17. The van der Waals surface area contributed by atoms with Gasteiger partial charge in [-0.05, 0) is 65.6 Å². The summed E-state index contributed by atoms with van der Waals surface area (Å²) in [7, 11) is 0. The van der Waals surface area contributed by atoms with Crippen LogP contribution < -0.4 is 16.0 Å². The highest BCUT2D eigenvalue weighted by Crippen LogP contribution is 2.40. The smallest absolute Gasteiger partial charge is 0.144 e. The molecule has 0 amide bonds. The van der Waals surface area contributed by atoms with Crippen LogP contribution >= 0.6 is 0 Å². The third-order valence-corrected chi connectivity index (χ3v) is 11.3. The number of aromatic nitrogens is 2. The van der Waals surface area contributed by atoms with Crippen LogP contribution in [-0.2, 0) is 0 Å². The molecule has 2 aliphatic rings. The zero-order valence-electron chi connectivity index (χ0n) is 29.7. The van der Waals surface area contributed by atoms with E-state index >= 15 is 0 Å². The first-order chi connectivity index (χ1) is 26.8. The molecule has 0 radical (unpaired) electrons. The summed E-state index contributed by atoms with van der Waals surface area (Å²) in [4.78, 5) is 5.33. The lowest BCUT2D eigenvalue weighted by Crippen LogP contribution is -2.51. The van der Waals surface area contributed by atoms with Crippen LogP contribution in [-0.4, -0.2) is 21.1 Å². The summed E-state index contributed by atoms with van der Waals surface area (Å²) in [6.07, 6.45) is 3.86. The Morgan fingerprint density at radius 1 is 0.537 bits per heavy atom. The summed E-state index contributed by atoms with van der Waals surface area (Å²) in [5.74, 6) is 0.884. The van der Waals surface area contributed by atoms with Crippen LogP contribution in [0.1, 0.15) is 36.3 Å².